The summed E-state index contributed by atoms with van der Waals surface area (Å²) in [5.74, 6) is -1.03. The number of anilines is 1. The first kappa shape index (κ1) is 24.6. The molecule has 0 aliphatic carbocycles. The Morgan fingerprint density at radius 1 is 1.28 bits per heavy atom. The monoisotopic (exact) mass is 511 g/mol. The van der Waals surface area contributed by atoms with Crippen molar-refractivity contribution in [2.24, 2.45) is 0 Å². The first-order valence-corrected chi connectivity index (χ1v) is 12.7. The van der Waals surface area contributed by atoms with E-state index in [2.05, 4.69) is 4.57 Å². The Hall–Kier alpha value is -3.10. The van der Waals surface area contributed by atoms with Gasteiger partial charge in [-0.1, -0.05) is 23.7 Å². The fraction of sp³-hybridized carbons (Fsp3) is 0.444. The molecule has 0 radical (unpaired) electrons. The maximum atomic E-state index is 12.6. The van der Waals surface area contributed by atoms with Gasteiger partial charge in [0.1, 0.15) is 5.82 Å². The minimum atomic E-state index is -0.927. The van der Waals surface area contributed by atoms with E-state index < -0.39 is 18.0 Å². The van der Waals surface area contributed by atoms with Crippen LogP contribution in [0.5, 0.6) is 0 Å². The Labute approximate surface area is 214 Å². The number of hydrogen-bond acceptors (Lipinski definition) is 5. The minimum Gasteiger partial charge on any atom is -0.481 e. The number of methoxy groups -OCH3 is 1. The topological polar surface area (TPSA) is 93.9 Å². The molecule has 0 saturated carbocycles. The van der Waals surface area contributed by atoms with Crippen molar-refractivity contribution in [1.82, 2.24) is 9.55 Å². The van der Waals surface area contributed by atoms with Crippen molar-refractivity contribution < 1.29 is 24.2 Å². The lowest BCUT2D eigenvalue weighted by atomic mass is 9.95. The normalized spacial score (nSPS) is 20.7. The lowest BCUT2D eigenvalue weighted by molar-refractivity contribution is -0.138. The zero-order valence-corrected chi connectivity index (χ0v) is 21.2. The van der Waals surface area contributed by atoms with Gasteiger partial charge in [-0.3, -0.25) is 9.69 Å². The third-order valence-electron chi connectivity index (χ3n) is 7.34. The predicted molar refractivity (Wildman–Crippen MR) is 137 cm³/mol. The molecule has 5 rings (SSSR count). The number of ether oxygens (including phenoxy) is 2. The molecule has 3 aromatic rings. The molecule has 8 nitrogen and oxygen atoms in total. The maximum absolute atomic E-state index is 12.6. The van der Waals surface area contributed by atoms with Crippen LogP contribution in [0.3, 0.4) is 0 Å². The Balaban J connectivity index is 1.65. The number of imidazole rings is 1. The van der Waals surface area contributed by atoms with Gasteiger partial charge in [-0.05, 0) is 62.4 Å². The number of aromatic nitrogens is 2. The lowest BCUT2D eigenvalue weighted by Gasteiger charge is -2.34. The number of benzene rings is 2. The molecule has 3 atom stereocenters. The number of hydrogen-bond donors (Lipinski definition) is 1. The highest BCUT2D eigenvalue weighted by Gasteiger charge is 2.33. The van der Waals surface area contributed by atoms with Gasteiger partial charge in [0.05, 0.1) is 42.4 Å². The van der Waals surface area contributed by atoms with E-state index in [1.165, 1.54) is 7.11 Å². The molecule has 2 aromatic carbocycles. The highest BCUT2D eigenvalue weighted by molar-refractivity contribution is 6.30. The van der Waals surface area contributed by atoms with Crippen molar-refractivity contribution in [3.05, 3.63) is 58.4 Å². The van der Waals surface area contributed by atoms with Gasteiger partial charge in [-0.15, -0.1) is 0 Å². The van der Waals surface area contributed by atoms with Crippen molar-refractivity contribution in [3.8, 4) is 0 Å². The molecule has 1 N–H and O–H groups in total. The number of carboxylic acid groups (broad SMARTS) is 1. The summed E-state index contributed by atoms with van der Waals surface area (Å²) in [6.07, 6.45) is 3.24. The van der Waals surface area contributed by atoms with E-state index in [0.29, 0.717) is 23.0 Å². The summed E-state index contributed by atoms with van der Waals surface area (Å²) in [6.45, 7) is 3.28. The van der Waals surface area contributed by atoms with Crippen LogP contribution >= 0.6 is 11.6 Å². The second-order valence-electron chi connectivity index (χ2n) is 9.58. The summed E-state index contributed by atoms with van der Waals surface area (Å²) < 4.78 is 13.0. The first-order valence-electron chi connectivity index (χ1n) is 12.3. The number of aryl methyl sites for hydroxylation is 1. The van der Waals surface area contributed by atoms with Crippen LogP contribution in [0, 0.1) is 0 Å². The largest absolute Gasteiger partial charge is 0.481 e. The predicted octanol–water partition coefficient (Wildman–Crippen LogP) is 5.36. The molecule has 9 heteroatoms. The number of fused-ring (bicyclic) bond motifs is 3. The van der Waals surface area contributed by atoms with Crippen molar-refractivity contribution in [1.29, 1.82) is 0 Å². The molecule has 2 aliphatic rings. The lowest BCUT2D eigenvalue weighted by Crippen LogP contribution is -2.42. The summed E-state index contributed by atoms with van der Waals surface area (Å²) in [7, 11) is 1.39. The Morgan fingerprint density at radius 2 is 2.11 bits per heavy atom. The highest BCUT2D eigenvalue weighted by atomic mass is 35.5. The molecular weight excluding hydrogens is 482 g/mol. The molecule has 3 heterocycles. The molecule has 1 amide bonds. The summed E-state index contributed by atoms with van der Waals surface area (Å²) in [5.41, 5.74) is 4.18. The van der Waals surface area contributed by atoms with Crippen molar-refractivity contribution in [2.45, 2.75) is 57.0 Å². The van der Waals surface area contributed by atoms with Crippen molar-refractivity contribution >= 4 is 40.4 Å². The summed E-state index contributed by atoms with van der Waals surface area (Å²) in [5, 5.41) is 10.6. The quantitative estimate of drug-likeness (QED) is 0.495. The van der Waals surface area contributed by atoms with Crippen LogP contribution in [0.4, 0.5) is 10.5 Å². The second kappa shape index (κ2) is 10.1. The minimum absolute atomic E-state index is 0.00919. The van der Waals surface area contributed by atoms with Crippen LogP contribution in [-0.4, -0.2) is 53.1 Å². The van der Waals surface area contributed by atoms with Gasteiger partial charge in [-0.25, -0.2) is 9.78 Å². The number of carbonyl (C=O) groups excluding carboxylic acids is 1. The average Bonchev–Trinajstić information content (AvgIpc) is 3.25. The van der Waals surface area contributed by atoms with E-state index in [1.807, 2.05) is 19.1 Å². The molecule has 190 valence electrons. The smallest absolute Gasteiger partial charge is 0.414 e. The molecule has 1 saturated heterocycles. The maximum Gasteiger partial charge on any atom is 0.414 e. The van der Waals surface area contributed by atoms with E-state index >= 15 is 0 Å². The van der Waals surface area contributed by atoms with E-state index in [0.717, 1.165) is 54.6 Å². The molecule has 0 bridgehead atoms. The van der Waals surface area contributed by atoms with Crippen LogP contribution in [0.1, 0.15) is 55.1 Å². The molecule has 1 unspecified atom stereocenters. The van der Waals surface area contributed by atoms with Crippen LogP contribution < -0.4 is 4.90 Å². The molecule has 0 spiro atoms. The summed E-state index contributed by atoms with van der Waals surface area (Å²) in [4.78, 5) is 31.7. The van der Waals surface area contributed by atoms with E-state index in [9.17, 15) is 14.7 Å². The zero-order chi connectivity index (χ0) is 25.4. The number of rotatable bonds is 5. The van der Waals surface area contributed by atoms with Crippen LogP contribution in [0.2, 0.25) is 5.02 Å². The SMILES string of the molecule is COC(=O)N1c2ccc3c(nc(CC(C(=O)O)c4cccc(Cl)c4)n3[C@H]3CCCOC3)c2CC[C@@H]1C. The third-order valence-corrected chi connectivity index (χ3v) is 7.57. The summed E-state index contributed by atoms with van der Waals surface area (Å²) >= 11 is 6.18. The average molecular weight is 512 g/mol. The fourth-order valence-corrected chi connectivity index (χ4v) is 5.75. The summed E-state index contributed by atoms with van der Waals surface area (Å²) in [6, 6.07) is 11.0. The number of carboxylic acids is 1. The van der Waals surface area contributed by atoms with E-state index in [1.54, 1.807) is 29.2 Å². The van der Waals surface area contributed by atoms with Gasteiger partial charge >= 0.3 is 12.1 Å². The Bertz CT molecular complexity index is 1300. The van der Waals surface area contributed by atoms with Gasteiger partial charge < -0.3 is 19.1 Å². The fourth-order valence-electron chi connectivity index (χ4n) is 5.56. The van der Waals surface area contributed by atoms with Gasteiger partial charge in [-0.2, -0.15) is 0 Å². The number of amides is 1. The van der Waals surface area contributed by atoms with Crippen molar-refractivity contribution in [2.75, 3.05) is 25.2 Å². The number of nitrogens with zero attached hydrogens (tertiary/aromatic N) is 3. The molecule has 2 aliphatic heterocycles. The number of halogens is 1. The molecule has 1 fully saturated rings. The standard InChI is InChI=1S/C27H30ClN3O5/c1-16-8-9-20-22(30(16)27(34)35-2)10-11-23-25(20)29-24(31(23)19-7-4-12-36-15-19)14-21(26(32)33)17-5-3-6-18(28)13-17/h3,5-6,10-11,13,16,19,21H,4,7-9,12,14-15H2,1-2H3,(H,32,33)/t16-,19-,21?/m0/s1. The zero-order valence-electron chi connectivity index (χ0n) is 20.4. The second-order valence-corrected chi connectivity index (χ2v) is 10.0. The van der Waals surface area contributed by atoms with Gasteiger partial charge in [0.15, 0.2) is 0 Å². The third kappa shape index (κ3) is 4.44. The van der Waals surface area contributed by atoms with Gasteiger partial charge in [0.25, 0.3) is 0 Å². The molecular formula is C27H30ClN3O5. The number of aliphatic carboxylic acids is 1. The van der Waals surface area contributed by atoms with E-state index in [4.69, 9.17) is 26.1 Å². The molecule has 36 heavy (non-hydrogen) atoms. The Morgan fingerprint density at radius 3 is 2.81 bits per heavy atom. The van der Waals surface area contributed by atoms with Crippen LogP contribution in [0.15, 0.2) is 36.4 Å². The van der Waals surface area contributed by atoms with Crippen molar-refractivity contribution in [3.63, 3.8) is 0 Å². The van der Waals surface area contributed by atoms with Gasteiger partial charge in [0, 0.05) is 29.7 Å². The van der Waals surface area contributed by atoms with Gasteiger partial charge in [0.2, 0.25) is 0 Å². The van der Waals surface area contributed by atoms with E-state index in [-0.39, 0.29) is 18.5 Å². The first-order chi connectivity index (χ1) is 17.4. The Kier molecular flexibility index (Phi) is 6.90. The van der Waals surface area contributed by atoms with Crippen LogP contribution in [0.25, 0.3) is 11.0 Å². The molecule has 1 aromatic heterocycles. The van der Waals surface area contributed by atoms with Crippen LogP contribution in [-0.2, 0) is 27.1 Å². The highest BCUT2D eigenvalue weighted by Crippen LogP contribution is 2.39. The number of carbonyl (C=O) groups is 2.